The van der Waals surface area contributed by atoms with E-state index in [-0.39, 0.29) is 0 Å². The minimum atomic E-state index is 0.391. The summed E-state index contributed by atoms with van der Waals surface area (Å²) in [6, 6.07) is 8.96. The van der Waals surface area contributed by atoms with Gasteiger partial charge in [0.25, 0.3) is 0 Å². The fourth-order valence-electron chi connectivity index (χ4n) is 1.39. The van der Waals surface area contributed by atoms with Crippen molar-refractivity contribution < 1.29 is 0 Å². The molecule has 0 spiro atoms. The fraction of sp³-hybridized carbons (Fsp3) is 0.500. The van der Waals surface area contributed by atoms with E-state index < -0.39 is 0 Å². The van der Waals surface area contributed by atoms with Crippen LogP contribution in [0.4, 0.5) is 0 Å². The second-order valence-corrected chi connectivity index (χ2v) is 4.19. The van der Waals surface area contributed by atoms with E-state index in [0.29, 0.717) is 12.1 Å². The molecule has 2 atom stereocenters. The summed E-state index contributed by atoms with van der Waals surface area (Å²) in [5.74, 6) is 0. The van der Waals surface area contributed by atoms with Crippen LogP contribution in [0.15, 0.2) is 24.3 Å². The maximum atomic E-state index is 5.83. The Morgan fingerprint density at radius 3 is 2.29 bits per heavy atom. The van der Waals surface area contributed by atoms with Gasteiger partial charge in [-0.15, -0.1) is 0 Å². The Balaban J connectivity index is 2.60. The van der Waals surface area contributed by atoms with Crippen molar-refractivity contribution in [2.45, 2.75) is 39.3 Å². The lowest BCUT2D eigenvalue weighted by molar-refractivity contribution is 0.469. The minimum absolute atomic E-state index is 0.391. The van der Waals surface area contributed by atoms with Crippen LogP contribution in [0.25, 0.3) is 0 Å². The molecule has 0 saturated heterocycles. The van der Waals surface area contributed by atoms with Crippen molar-refractivity contribution in [2.75, 3.05) is 0 Å². The van der Waals surface area contributed by atoms with Crippen LogP contribution in [-0.4, -0.2) is 6.04 Å². The fourth-order valence-corrected chi connectivity index (χ4v) is 1.52. The molecule has 0 aliphatic heterocycles. The highest BCUT2D eigenvalue weighted by atomic mass is 35.5. The van der Waals surface area contributed by atoms with Crippen LogP contribution in [0.3, 0.4) is 0 Å². The van der Waals surface area contributed by atoms with E-state index in [1.807, 2.05) is 12.1 Å². The van der Waals surface area contributed by atoms with Crippen LogP contribution in [0, 0.1) is 0 Å². The summed E-state index contributed by atoms with van der Waals surface area (Å²) in [6.45, 7) is 6.56. The highest BCUT2D eigenvalue weighted by molar-refractivity contribution is 6.30. The second-order valence-electron chi connectivity index (χ2n) is 3.75. The largest absolute Gasteiger partial charge is 0.308 e. The summed E-state index contributed by atoms with van der Waals surface area (Å²) in [7, 11) is 0. The normalized spacial score (nSPS) is 15.1. The molecule has 0 aliphatic rings. The topological polar surface area (TPSA) is 12.0 Å². The maximum Gasteiger partial charge on any atom is 0.0406 e. The number of halogens is 1. The van der Waals surface area contributed by atoms with E-state index >= 15 is 0 Å². The van der Waals surface area contributed by atoms with Gasteiger partial charge in [0.2, 0.25) is 0 Å². The van der Waals surface area contributed by atoms with Crippen LogP contribution in [0.1, 0.15) is 38.8 Å². The first-order valence-corrected chi connectivity index (χ1v) is 5.52. The number of hydrogen-bond acceptors (Lipinski definition) is 1. The Kier molecular flexibility index (Phi) is 4.43. The molecule has 14 heavy (non-hydrogen) atoms. The first-order chi connectivity index (χ1) is 6.63. The van der Waals surface area contributed by atoms with Crippen molar-refractivity contribution in [2.24, 2.45) is 0 Å². The monoisotopic (exact) mass is 211 g/mol. The predicted molar refractivity (Wildman–Crippen MR) is 62.8 cm³/mol. The first kappa shape index (κ1) is 11.5. The van der Waals surface area contributed by atoms with Gasteiger partial charge in [0.05, 0.1) is 0 Å². The quantitative estimate of drug-likeness (QED) is 0.799. The Bertz CT molecular complexity index is 268. The Morgan fingerprint density at radius 2 is 1.79 bits per heavy atom. The summed E-state index contributed by atoms with van der Waals surface area (Å²) in [4.78, 5) is 0. The molecule has 1 rings (SSSR count). The van der Waals surface area contributed by atoms with E-state index in [0.717, 1.165) is 11.4 Å². The molecule has 0 bridgehead atoms. The molecule has 2 heteroatoms. The van der Waals surface area contributed by atoms with Crippen LogP contribution < -0.4 is 5.32 Å². The van der Waals surface area contributed by atoms with Gasteiger partial charge in [-0.2, -0.15) is 0 Å². The molecule has 1 aromatic carbocycles. The number of hydrogen-bond donors (Lipinski definition) is 1. The van der Waals surface area contributed by atoms with Crippen LogP contribution >= 0.6 is 11.6 Å². The highest BCUT2D eigenvalue weighted by Crippen LogP contribution is 2.16. The Hall–Kier alpha value is -0.530. The van der Waals surface area contributed by atoms with Crippen molar-refractivity contribution in [3.63, 3.8) is 0 Å². The minimum Gasteiger partial charge on any atom is -0.308 e. The maximum absolute atomic E-state index is 5.83. The van der Waals surface area contributed by atoms with E-state index in [1.54, 1.807) is 0 Å². The van der Waals surface area contributed by atoms with Crippen molar-refractivity contribution in [1.82, 2.24) is 5.32 Å². The molecular formula is C12H18ClN. The van der Waals surface area contributed by atoms with Gasteiger partial charge in [-0.3, -0.25) is 0 Å². The molecule has 78 valence electrons. The Labute approximate surface area is 91.5 Å². The van der Waals surface area contributed by atoms with Crippen LogP contribution in [0.5, 0.6) is 0 Å². The molecule has 0 heterocycles. The van der Waals surface area contributed by atoms with Crippen molar-refractivity contribution in [1.29, 1.82) is 0 Å². The van der Waals surface area contributed by atoms with Gasteiger partial charge in [0.15, 0.2) is 0 Å². The third-order valence-electron chi connectivity index (χ3n) is 2.52. The molecular weight excluding hydrogens is 194 g/mol. The van der Waals surface area contributed by atoms with Crippen LogP contribution in [-0.2, 0) is 0 Å². The number of rotatable bonds is 4. The summed E-state index contributed by atoms with van der Waals surface area (Å²) in [6.07, 6.45) is 1.15. The molecule has 1 nitrogen and oxygen atoms in total. The molecule has 0 amide bonds. The van der Waals surface area contributed by atoms with Crippen molar-refractivity contribution in [3.8, 4) is 0 Å². The zero-order chi connectivity index (χ0) is 10.6. The number of nitrogens with one attached hydrogen (secondary N) is 1. The SMILES string of the molecule is CCC(C)N[C@H](C)c1ccc(Cl)cc1. The van der Waals surface area contributed by atoms with Gasteiger partial charge in [-0.05, 0) is 38.0 Å². The number of benzene rings is 1. The second kappa shape index (κ2) is 5.38. The van der Waals surface area contributed by atoms with Gasteiger partial charge < -0.3 is 5.32 Å². The molecule has 1 aromatic rings. The van der Waals surface area contributed by atoms with Gasteiger partial charge in [-0.1, -0.05) is 30.7 Å². The zero-order valence-corrected chi connectivity index (χ0v) is 9.81. The van der Waals surface area contributed by atoms with E-state index in [9.17, 15) is 0 Å². The van der Waals surface area contributed by atoms with Crippen LogP contribution in [0.2, 0.25) is 5.02 Å². The molecule has 1 N–H and O–H groups in total. The van der Waals surface area contributed by atoms with Gasteiger partial charge in [-0.25, -0.2) is 0 Å². The smallest absolute Gasteiger partial charge is 0.0406 e. The summed E-state index contributed by atoms with van der Waals surface area (Å²) in [5.41, 5.74) is 1.29. The first-order valence-electron chi connectivity index (χ1n) is 5.15. The predicted octanol–water partition coefficient (Wildman–Crippen LogP) is 3.79. The van der Waals surface area contributed by atoms with Gasteiger partial charge in [0, 0.05) is 17.1 Å². The molecule has 1 unspecified atom stereocenters. The molecule has 0 fully saturated rings. The summed E-state index contributed by atoms with van der Waals surface area (Å²) < 4.78 is 0. The molecule has 0 saturated carbocycles. The molecule has 0 radical (unpaired) electrons. The van der Waals surface area contributed by atoms with Crippen molar-refractivity contribution in [3.05, 3.63) is 34.9 Å². The van der Waals surface area contributed by atoms with Gasteiger partial charge in [0.1, 0.15) is 0 Å². The standard InChI is InChI=1S/C12H18ClN/c1-4-9(2)14-10(3)11-5-7-12(13)8-6-11/h5-10,14H,4H2,1-3H3/t9?,10-/m1/s1. The third-order valence-corrected chi connectivity index (χ3v) is 2.77. The van der Waals surface area contributed by atoms with E-state index in [2.05, 4.69) is 38.2 Å². The summed E-state index contributed by atoms with van der Waals surface area (Å²) in [5, 5.41) is 4.32. The summed E-state index contributed by atoms with van der Waals surface area (Å²) >= 11 is 5.83. The average Bonchev–Trinajstić information content (AvgIpc) is 2.18. The lowest BCUT2D eigenvalue weighted by Gasteiger charge is -2.19. The zero-order valence-electron chi connectivity index (χ0n) is 9.05. The Morgan fingerprint density at radius 1 is 1.21 bits per heavy atom. The lowest BCUT2D eigenvalue weighted by Crippen LogP contribution is -2.28. The lowest BCUT2D eigenvalue weighted by atomic mass is 10.1. The third kappa shape index (κ3) is 3.32. The highest BCUT2D eigenvalue weighted by Gasteiger charge is 2.07. The molecule has 0 aromatic heterocycles. The van der Waals surface area contributed by atoms with E-state index in [1.165, 1.54) is 5.56 Å². The average molecular weight is 212 g/mol. The van der Waals surface area contributed by atoms with Gasteiger partial charge >= 0.3 is 0 Å². The molecule has 0 aliphatic carbocycles. The van der Waals surface area contributed by atoms with Crippen molar-refractivity contribution >= 4 is 11.6 Å². The van der Waals surface area contributed by atoms with E-state index in [4.69, 9.17) is 11.6 Å².